The van der Waals surface area contributed by atoms with E-state index in [-0.39, 0.29) is 11.1 Å². The lowest BCUT2D eigenvalue weighted by Gasteiger charge is -2.15. The molecule has 1 N–H and O–H groups in total. The number of para-hydroxylation sites is 1. The third-order valence-electron chi connectivity index (χ3n) is 3.47. The number of halogens is 2. The molecule has 2 aromatic rings. The first-order valence-corrected chi connectivity index (χ1v) is 7.47. The van der Waals surface area contributed by atoms with E-state index in [0.29, 0.717) is 5.75 Å². The Morgan fingerprint density at radius 1 is 1.16 bits per heavy atom. The lowest BCUT2D eigenvalue weighted by atomic mass is 10.1. The lowest BCUT2D eigenvalue weighted by molar-refractivity contribution is -0.124. The number of benzene rings is 2. The summed E-state index contributed by atoms with van der Waals surface area (Å²) in [5.41, 5.74) is 0.321. The zero-order chi connectivity index (χ0) is 18.4. The fourth-order valence-electron chi connectivity index (χ4n) is 2.24. The molecule has 2 rings (SSSR count). The van der Waals surface area contributed by atoms with Gasteiger partial charge in [0.15, 0.2) is 6.61 Å². The van der Waals surface area contributed by atoms with Crippen molar-refractivity contribution in [3.05, 3.63) is 65.2 Å². The van der Waals surface area contributed by atoms with Crippen molar-refractivity contribution in [1.29, 1.82) is 0 Å². The van der Waals surface area contributed by atoms with Crippen molar-refractivity contribution < 1.29 is 27.8 Å². The molecule has 0 spiro atoms. The number of hydrogen-bond acceptors (Lipinski definition) is 4. The van der Waals surface area contributed by atoms with Crippen LogP contribution in [0.15, 0.2) is 42.5 Å². The highest BCUT2D eigenvalue weighted by Crippen LogP contribution is 2.19. The van der Waals surface area contributed by atoms with Gasteiger partial charge in [-0.05, 0) is 25.1 Å². The molecule has 0 aliphatic heterocycles. The summed E-state index contributed by atoms with van der Waals surface area (Å²) in [5.74, 6) is -2.47. The number of amides is 1. The van der Waals surface area contributed by atoms with E-state index in [1.165, 1.54) is 26.2 Å². The minimum absolute atomic E-state index is 0.130. The summed E-state index contributed by atoms with van der Waals surface area (Å²) in [5, 5.41) is 2.48. The fourth-order valence-corrected chi connectivity index (χ4v) is 2.24. The van der Waals surface area contributed by atoms with E-state index in [2.05, 4.69) is 5.32 Å². The summed E-state index contributed by atoms with van der Waals surface area (Å²) in [7, 11) is 1.41. The first-order valence-electron chi connectivity index (χ1n) is 7.47. The minimum Gasteiger partial charge on any atom is -0.496 e. The van der Waals surface area contributed by atoms with Crippen LogP contribution in [0.2, 0.25) is 0 Å². The van der Waals surface area contributed by atoms with Gasteiger partial charge >= 0.3 is 5.97 Å². The predicted octanol–water partition coefficient (Wildman–Crippen LogP) is 3.01. The minimum atomic E-state index is -0.765. The van der Waals surface area contributed by atoms with Crippen molar-refractivity contribution in [1.82, 2.24) is 5.32 Å². The molecule has 0 aliphatic rings. The Bertz CT molecular complexity index is 779. The Labute approximate surface area is 143 Å². The third kappa shape index (κ3) is 4.76. The van der Waals surface area contributed by atoms with Crippen LogP contribution in [0.25, 0.3) is 0 Å². The summed E-state index contributed by atoms with van der Waals surface area (Å²) in [6.45, 7) is 1.00. The van der Waals surface area contributed by atoms with Crippen molar-refractivity contribution in [2.75, 3.05) is 13.7 Å². The molecular weight excluding hydrogens is 332 g/mol. The molecule has 0 saturated carbocycles. The topological polar surface area (TPSA) is 64.6 Å². The Morgan fingerprint density at radius 2 is 1.88 bits per heavy atom. The van der Waals surface area contributed by atoms with Gasteiger partial charge in [0.05, 0.1) is 13.2 Å². The molecule has 25 heavy (non-hydrogen) atoms. The number of carbonyl (C=O) groups excluding carboxylic acids is 2. The van der Waals surface area contributed by atoms with Crippen LogP contribution in [0.5, 0.6) is 5.75 Å². The normalized spacial score (nSPS) is 11.5. The number of rotatable bonds is 6. The maximum Gasteiger partial charge on any atom is 0.342 e. The zero-order valence-corrected chi connectivity index (χ0v) is 13.7. The molecule has 0 radical (unpaired) electrons. The van der Waals surface area contributed by atoms with E-state index in [9.17, 15) is 18.4 Å². The van der Waals surface area contributed by atoms with Gasteiger partial charge in [-0.3, -0.25) is 4.79 Å². The third-order valence-corrected chi connectivity index (χ3v) is 3.47. The van der Waals surface area contributed by atoms with Crippen LogP contribution in [-0.2, 0) is 9.53 Å². The molecule has 7 heteroatoms. The average molecular weight is 349 g/mol. The summed E-state index contributed by atoms with van der Waals surface area (Å²) in [6.07, 6.45) is 0. The largest absolute Gasteiger partial charge is 0.496 e. The summed E-state index contributed by atoms with van der Waals surface area (Å²) >= 11 is 0. The van der Waals surface area contributed by atoms with Crippen LogP contribution in [0.4, 0.5) is 8.78 Å². The van der Waals surface area contributed by atoms with E-state index < -0.39 is 36.2 Å². The standard InChI is InChI=1S/C18H17F2NO4/c1-11(13-8-7-12(19)9-15(13)20)21-17(22)10-25-18(23)14-5-3-4-6-16(14)24-2/h3-9,11H,10H2,1-2H3,(H,21,22)/t11-/m1/s1. The van der Waals surface area contributed by atoms with Crippen LogP contribution in [0, 0.1) is 11.6 Å². The highest BCUT2D eigenvalue weighted by molar-refractivity contribution is 5.94. The molecule has 0 bridgehead atoms. The van der Waals surface area contributed by atoms with Crippen molar-refractivity contribution >= 4 is 11.9 Å². The quantitative estimate of drug-likeness (QED) is 0.815. The molecular formula is C18H17F2NO4. The van der Waals surface area contributed by atoms with Gasteiger partial charge in [0.1, 0.15) is 22.9 Å². The lowest BCUT2D eigenvalue weighted by Crippen LogP contribution is -2.31. The van der Waals surface area contributed by atoms with E-state index in [4.69, 9.17) is 9.47 Å². The number of nitrogens with one attached hydrogen (secondary N) is 1. The van der Waals surface area contributed by atoms with Gasteiger partial charge in [-0.2, -0.15) is 0 Å². The van der Waals surface area contributed by atoms with Gasteiger partial charge in [-0.25, -0.2) is 13.6 Å². The monoisotopic (exact) mass is 349 g/mol. The fraction of sp³-hybridized carbons (Fsp3) is 0.222. The first kappa shape index (κ1) is 18.4. The molecule has 5 nitrogen and oxygen atoms in total. The van der Waals surface area contributed by atoms with Gasteiger partial charge in [0, 0.05) is 11.6 Å². The van der Waals surface area contributed by atoms with E-state index in [0.717, 1.165) is 12.1 Å². The van der Waals surface area contributed by atoms with Gasteiger partial charge in [0.25, 0.3) is 5.91 Å². The Hall–Kier alpha value is -2.96. The molecule has 1 atom stereocenters. The van der Waals surface area contributed by atoms with Crippen molar-refractivity contribution in [2.24, 2.45) is 0 Å². The number of hydrogen-bond donors (Lipinski definition) is 1. The number of carbonyl (C=O) groups is 2. The molecule has 1 amide bonds. The summed E-state index contributed by atoms with van der Waals surface area (Å²) in [4.78, 5) is 23.9. The van der Waals surface area contributed by atoms with Gasteiger partial charge in [-0.1, -0.05) is 18.2 Å². The van der Waals surface area contributed by atoms with Gasteiger partial charge in [-0.15, -0.1) is 0 Å². The Morgan fingerprint density at radius 3 is 2.56 bits per heavy atom. The smallest absolute Gasteiger partial charge is 0.342 e. The zero-order valence-electron chi connectivity index (χ0n) is 13.7. The van der Waals surface area contributed by atoms with Gasteiger partial charge < -0.3 is 14.8 Å². The predicted molar refractivity (Wildman–Crippen MR) is 86.2 cm³/mol. The van der Waals surface area contributed by atoms with Crippen molar-refractivity contribution in [3.8, 4) is 5.75 Å². The maximum absolute atomic E-state index is 13.7. The number of methoxy groups -OCH3 is 1. The van der Waals surface area contributed by atoms with Crippen molar-refractivity contribution in [3.63, 3.8) is 0 Å². The second-order valence-electron chi connectivity index (χ2n) is 5.23. The molecule has 0 heterocycles. The highest BCUT2D eigenvalue weighted by atomic mass is 19.1. The Balaban J connectivity index is 1.93. The van der Waals surface area contributed by atoms with Crippen LogP contribution in [-0.4, -0.2) is 25.6 Å². The highest BCUT2D eigenvalue weighted by Gasteiger charge is 2.17. The molecule has 2 aromatic carbocycles. The molecule has 0 saturated heterocycles. The van der Waals surface area contributed by atoms with Crippen LogP contribution in [0.1, 0.15) is 28.9 Å². The maximum atomic E-state index is 13.7. The van der Waals surface area contributed by atoms with Crippen LogP contribution < -0.4 is 10.1 Å². The molecule has 0 unspecified atom stereocenters. The van der Waals surface area contributed by atoms with E-state index in [1.54, 1.807) is 18.2 Å². The summed E-state index contributed by atoms with van der Waals surface area (Å²) < 4.78 is 36.6. The first-order chi connectivity index (χ1) is 11.9. The van der Waals surface area contributed by atoms with E-state index >= 15 is 0 Å². The van der Waals surface area contributed by atoms with Crippen molar-refractivity contribution in [2.45, 2.75) is 13.0 Å². The second kappa shape index (κ2) is 8.23. The average Bonchev–Trinajstić information content (AvgIpc) is 2.59. The van der Waals surface area contributed by atoms with Gasteiger partial charge in [0.2, 0.25) is 0 Å². The molecule has 0 aromatic heterocycles. The van der Waals surface area contributed by atoms with E-state index in [1.807, 2.05) is 0 Å². The molecule has 0 fully saturated rings. The number of esters is 1. The molecule has 132 valence electrons. The molecule has 0 aliphatic carbocycles. The SMILES string of the molecule is COc1ccccc1C(=O)OCC(=O)N[C@H](C)c1ccc(F)cc1F. The Kier molecular flexibility index (Phi) is 6.05. The summed E-state index contributed by atoms with van der Waals surface area (Å²) in [6, 6.07) is 8.81. The number of ether oxygens (including phenoxy) is 2. The van der Waals surface area contributed by atoms with Crippen LogP contribution in [0.3, 0.4) is 0 Å². The van der Waals surface area contributed by atoms with Crippen LogP contribution >= 0.6 is 0 Å². The second-order valence-corrected chi connectivity index (χ2v) is 5.23.